The van der Waals surface area contributed by atoms with Gasteiger partial charge in [0.2, 0.25) is 0 Å². The molecule has 0 unspecified atom stereocenters. The summed E-state index contributed by atoms with van der Waals surface area (Å²) in [5.41, 5.74) is 0.771. The van der Waals surface area contributed by atoms with Crippen molar-refractivity contribution >= 4 is 11.8 Å². The molecule has 0 aliphatic carbocycles. The second kappa shape index (κ2) is 3.81. The SMILES string of the molecule is C/C=C(\C)ON1C(=O)c2ccccc2C1=O. The number of nitrogens with zero attached hydrogens (tertiary/aromatic N) is 1. The number of rotatable bonds is 2. The Bertz CT molecular complexity index is 456. The number of amides is 2. The minimum atomic E-state index is -0.415. The van der Waals surface area contributed by atoms with E-state index in [1.165, 1.54) is 0 Å². The van der Waals surface area contributed by atoms with Gasteiger partial charge in [-0.1, -0.05) is 17.2 Å². The minimum absolute atomic E-state index is 0.386. The molecule has 0 aromatic heterocycles. The van der Waals surface area contributed by atoms with E-state index in [1.807, 2.05) is 0 Å². The number of hydrogen-bond donors (Lipinski definition) is 0. The van der Waals surface area contributed by atoms with Crippen LogP contribution in [0.1, 0.15) is 34.6 Å². The van der Waals surface area contributed by atoms with Crippen molar-refractivity contribution in [2.75, 3.05) is 0 Å². The first-order chi connectivity index (χ1) is 7.65. The summed E-state index contributed by atoms with van der Waals surface area (Å²) in [6.07, 6.45) is 1.68. The molecule has 1 heterocycles. The van der Waals surface area contributed by atoms with E-state index in [1.54, 1.807) is 44.2 Å². The van der Waals surface area contributed by atoms with E-state index >= 15 is 0 Å². The summed E-state index contributed by atoms with van der Waals surface area (Å²) < 4.78 is 0. The maximum atomic E-state index is 11.8. The lowest BCUT2D eigenvalue weighted by Crippen LogP contribution is -2.29. The smallest absolute Gasteiger partial charge is 0.295 e. The zero-order valence-corrected chi connectivity index (χ0v) is 9.06. The van der Waals surface area contributed by atoms with Gasteiger partial charge in [-0.15, -0.1) is 0 Å². The first kappa shape index (κ1) is 10.4. The highest BCUT2D eigenvalue weighted by atomic mass is 16.7. The zero-order chi connectivity index (χ0) is 11.7. The Morgan fingerprint density at radius 2 is 1.69 bits per heavy atom. The lowest BCUT2D eigenvalue weighted by molar-refractivity contribution is -0.0556. The van der Waals surface area contributed by atoms with Crippen LogP contribution >= 0.6 is 0 Å². The van der Waals surface area contributed by atoms with Crippen LogP contribution in [0.25, 0.3) is 0 Å². The fourth-order valence-corrected chi connectivity index (χ4v) is 1.45. The van der Waals surface area contributed by atoms with E-state index < -0.39 is 11.8 Å². The molecule has 2 amide bonds. The monoisotopic (exact) mass is 217 g/mol. The van der Waals surface area contributed by atoms with Crippen molar-refractivity contribution in [1.29, 1.82) is 0 Å². The average Bonchev–Trinajstić information content (AvgIpc) is 2.55. The van der Waals surface area contributed by atoms with E-state index in [9.17, 15) is 9.59 Å². The summed E-state index contributed by atoms with van der Waals surface area (Å²) in [6, 6.07) is 6.67. The highest BCUT2D eigenvalue weighted by Gasteiger charge is 2.37. The quantitative estimate of drug-likeness (QED) is 0.563. The molecule has 0 atom stereocenters. The molecule has 1 aliphatic heterocycles. The van der Waals surface area contributed by atoms with E-state index in [-0.39, 0.29) is 0 Å². The number of carbonyl (C=O) groups is 2. The molecule has 0 spiro atoms. The highest BCUT2D eigenvalue weighted by Crippen LogP contribution is 2.23. The van der Waals surface area contributed by atoms with Crippen LogP contribution in [-0.4, -0.2) is 16.9 Å². The molecule has 2 rings (SSSR count). The summed E-state index contributed by atoms with van der Waals surface area (Å²) in [5, 5.41) is 0.792. The largest absolute Gasteiger partial charge is 0.374 e. The van der Waals surface area contributed by atoms with Gasteiger partial charge in [0, 0.05) is 0 Å². The van der Waals surface area contributed by atoms with Crippen molar-refractivity contribution < 1.29 is 14.4 Å². The van der Waals surface area contributed by atoms with E-state index in [4.69, 9.17) is 4.84 Å². The Hall–Kier alpha value is -2.10. The maximum absolute atomic E-state index is 11.8. The number of allylic oxidation sites excluding steroid dienone is 2. The molecule has 4 nitrogen and oxygen atoms in total. The molecular weight excluding hydrogens is 206 g/mol. The van der Waals surface area contributed by atoms with Crippen LogP contribution in [0.3, 0.4) is 0 Å². The highest BCUT2D eigenvalue weighted by molar-refractivity contribution is 6.20. The first-order valence-corrected chi connectivity index (χ1v) is 4.94. The van der Waals surface area contributed by atoms with Gasteiger partial charge in [0.25, 0.3) is 11.8 Å². The molecule has 16 heavy (non-hydrogen) atoms. The molecule has 1 aromatic rings. The molecule has 1 aliphatic rings. The van der Waals surface area contributed by atoms with Crippen molar-refractivity contribution in [2.45, 2.75) is 13.8 Å². The lowest BCUT2D eigenvalue weighted by Gasteiger charge is -2.13. The Morgan fingerprint density at radius 1 is 1.19 bits per heavy atom. The second-order valence-electron chi connectivity index (χ2n) is 3.44. The maximum Gasteiger partial charge on any atom is 0.295 e. The summed E-state index contributed by atoms with van der Waals surface area (Å²) in [4.78, 5) is 28.8. The number of fused-ring (bicyclic) bond motifs is 1. The van der Waals surface area contributed by atoms with Crippen LogP contribution in [0.4, 0.5) is 0 Å². The number of hydroxylamine groups is 2. The fraction of sp³-hybridized carbons (Fsp3) is 0.167. The van der Waals surface area contributed by atoms with Gasteiger partial charge in [-0.2, -0.15) is 0 Å². The van der Waals surface area contributed by atoms with Crippen molar-refractivity contribution in [3.05, 3.63) is 47.2 Å². The van der Waals surface area contributed by atoms with Gasteiger partial charge in [0.1, 0.15) is 5.76 Å². The lowest BCUT2D eigenvalue weighted by atomic mass is 10.1. The van der Waals surface area contributed by atoms with Gasteiger partial charge in [0.05, 0.1) is 11.1 Å². The normalized spacial score (nSPS) is 15.4. The predicted octanol–water partition coefficient (Wildman–Crippen LogP) is 2.14. The molecule has 4 heteroatoms. The van der Waals surface area contributed by atoms with Crippen molar-refractivity contribution in [2.24, 2.45) is 0 Å². The third-order valence-corrected chi connectivity index (χ3v) is 2.40. The van der Waals surface area contributed by atoms with Crippen LogP contribution in [-0.2, 0) is 4.84 Å². The number of hydrogen-bond acceptors (Lipinski definition) is 3. The van der Waals surface area contributed by atoms with E-state index in [2.05, 4.69) is 0 Å². The standard InChI is InChI=1S/C12H11NO3/c1-3-8(2)16-13-11(14)9-6-4-5-7-10(9)12(13)15/h3-7H,1-2H3/b8-3+. The number of imide groups is 1. The third kappa shape index (κ3) is 1.48. The minimum Gasteiger partial charge on any atom is -0.374 e. The molecular formula is C12H11NO3. The van der Waals surface area contributed by atoms with Gasteiger partial charge in [0.15, 0.2) is 0 Å². The van der Waals surface area contributed by atoms with E-state index in [0.29, 0.717) is 16.9 Å². The molecule has 0 bridgehead atoms. The first-order valence-electron chi connectivity index (χ1n) is 4.94. The van der Waals surface area contributed by atoms with Crippen LogP contribution in [0, 0.1) is 0 Å². The zero-order valence-electron chi connectivity index (χ0n) is 9.06. The molecule has 0 saturated carbocycles. The Labute approximate surface area is 93.1 Å². The average molecular weight is 217 g/mol. The summed E-state index contributed by atoms with van der Waals surface area (Å²) in [6.45, 7) is 3.46. The fourth-order valence-electron chi connectivity index (χ4n) is 1.45. The predicted molar refractivity (Wildman–Crippen MR) is 57.5 cm³/mol. The van der Waals surface area contributed by atoms with Crippen LogP contribution in [0.5, 0.6) is 0 Å². The molecule has 0 radical (unpaired) electrons. The van der Waals surface area contributed by atoms with Crippen LogP contribution < -0.4 is 0 Å². The van der Waals surface area contributed by atoms with Crippen LogP contribution in [0.15, 0.2) is 36.1 Å². The number of carbonyl (C=O) groups excluding carboxylic acids is 2. The third-order valence-electron chi connectivity index (χ3n) is 2.40. The second-order valence-corrected chi connectivity index (χ2v) is 3.44. The topological polar surface area (TPSA) is 46.6 Å². The van der Waals surface area contributed by atoms with E-state index in [0.717, 1.165) is 5.06 Å². The summed E-state index contributed by atoms with van der Waals surface area (Å²) >= 11 is 0. The van der Waals surface area contributed by atoms with Gasteiger partial charge in [-0.25, -0.2) is 0 Å². The summed E-state index contributed by atoms with van der Waals surface area (Å²) in [7, 11) is 0. The molecule has 0 fully saturated rings. The number of benzene rings is 1. The van der Waals surface area contributed by atoms with Crippen molar-refractivity contribution in [1.82, 2.24) is 5.06 Å². The van der Waals surface area contributed by atoms with Crippen LogP contribution in [0.2, 0.25) is 0 Å². The molecule has 1 aromatic carbocycles. The molecule has 82 valence electrons. The molecule has 0 N–H and O–H groups in total. The van der Waals surface area contributed by atoms with Crippen molar-refractivity contribution in [3.8, 4) is 0 Å². The molecule has 0 saturated heterocycles. The van der Waals surface area contributed by atoms with Gasteiger partial charge < -0.3 is 4.84 Å². The summed E-state index contributed by atoms with van der Waals surface area (Å²) in [5.74, 6) is -0.321. The van der Waals surface area contributed by atoms with Gasteiger partial charge in [-0.3, -0.25) is 9.59 Å². The van der Waals surface area contributed by atoms with Crippen molar-refractivity contribution in [3.63, 3.8) is 0 Å². The Balaban J connectivity index is 2.35. The Kier molecular flexibility index (Phi) is 2.48. The van der Waals surface area contributed by atoms with Gasteiger partial charge >= 0.3 is 0 Å². The van der Waals surface area contributed by atoms with Gasteiger partial charge in [-0.05, 0) is 32.1 Å². The Morgan fingerprint density at radius 3 is 2.12 bits per heavy atom.